The van der Waals surface area contributed by atoms with E-state index in [1.165, 1.54) is 4.52 Å². The zero-order chi connectivity index (χ0) is 20.1. The Morgan fingerprint density at radius 3 is 2.52 bits per heavy atom. The number of rotatable bonds is 3. The number of H-pyrrole nitrogens is 1. The number of nitrogen functional groups attached to an aromatic ring is 1. The Morgan fingerprint density at radius 1 is 1.07 bits per heavy atom. The summed E-state index contributed by atoms with van der Waals surface area (Å²) in [6.45, 7) is 0.179. The molecule has 1 amide bonds. The summed E-state index contributed by atoms with van der Waals surface area (Å²) in [6.07, 6.45) is 0.456. The van der Waals surface area contributed by atoms with E-state index in [0.717, 1.165) is 11.3 Å². The summed E-state index contributed by atoms with van der Waals surface area (Å²) in [7, 11) is 0. The average molecular weight is 406 g/mol. The molecule has 0 saturated heterocycles. The van der Waals surface area contributed by atoms with Gasteiger partial charge in [-0.1, -0.05) is 41.9 Å². The van der Waals surface area contributed by atoms with Crippen molar-refractivity contribution >= 4 is 34.7 Å². The van der Waals surface area contributed by atoms with Gasteiger partial charge in [-0.3, -0.25) is 14.7 Å². The fourth-order valence-electron chi connectivity index (χ4n) is 3.64. The number of para-hydroxylation sites is 1. The number of carbonyl (C=O) groups excluding carboxylic acids is 1. The van der Waals surface area contributed by atoms with Crippen LogP contribution >= 0.6 is 11.6 Å². The van der Waals surface area contributed by atoms with Crippen molar-refractivity contribution in [2.45, 2.75) is 13.0 Å². The van der Waals surface area contributed by atoms with E-state index in [9.17, 15) is 9.59 Å². The summed E-state index contributed by atoms with van der Waals surface area (Å²) in [6, 6.07) is 16.6. The first-order chi connectivity index (χ1) is 14.0. The highest BCUT2D eigenvalue weighted by Gasteiger charge is 2.34. The predicted octanol–water partition coefficient (Wildman–Crippen LogP) is 3.01. The van der Waals surface area contributed by atoms with Crippen molar-refractivity contribution in [2.24, 2.45) is 0 Å². The number of fused-ring (bicyclic) bond motifs is 2. The number of benzene rings is 2. The zero-order valence-electron chi connectivity index (χ0n) is 15.2. The third-order valence-corrected chi connectivity index (χ3v) is 5.38. The molecule has 144 valence electrons. The number of nitrogens with two attached hydrogens (primary N) is 1. The zero-order valence-corrected chi connectivity index (χ0v) is 16.0. The normalized spacial score (nSPS) is 13.3. The van der Waals surface area contributed by atoms with Gasteiger partial charge in [0.1, 0.15) is 11.5 Å². The maximum absolute atomic E-state index is 13.0. The second-order valence-corrected chi connectivity index (χ2v) is 7.37. The van der Waals surface area contributed by atoms with Crippen LogP contribution in [0.3, 0.4) is 0 Å². The quantitative estimate of drug-likeness (QED) is 0.547. The molecule has 0 fully saturated rings. The van der Waals surface area contributed by atoms with Crippen molar-refractivity contribution in [1.82, 2.24) is 14.6 Å². The summed E-state index contributed by atoms with van der Waals surface area (Å²) in [4.78, 5) is 32.1. The number of carbonyl (C=O) groups is 1. The first kappa shape index (κ1) is 17.5. The van der Waals surface area contributed by atoms with Gasteiger partial charge in [0.05, 0.1) is 12.1 Å². The largest absolute Gasteiger partial charge is 0.384 e. The monoisotopic (exact) mass is 405 g/mol. The van der Waals surface area contributed by atoms with Crippen LogP contribution in [0.1, 0.15) is 27.2 Å². The molecule has 5 rings (SSSR count). The molecular weight excluding hydrogens is 390 g/mol. The van der Waals surface area contributed by atoms with Crippen LogP contribution in [0.4, 0.5) is 11.5 Å². The molecule has 0 spiro atoms. The Labute approximate surface area is 170 Å². The molecule has 0 atom stereocenters. The Balaban J connectivity index is 1.62. The summed E-state index contributed by atoms with van der Waals surface area (Å²) in [5, 5.41) is 3.53. The van der Waals surface area contributed by atoms with Gasteiger partial charge < -0.3 is 10.6 Å². The smallest absolute Gasteiger partial charge is 0.278 e. The van der Waals surface area contributed by atoms with Crippen LogP contribution < -0.4 is 16.2 Å². The Kier molecular flexibility index (Phi) is 3.92. The van der Waals surface area contributed by atoms with Gasteiger partial charge in [-0.05, 0) is 29.8 Å². The fraction of sp³-hybridized carbons (Fsp3) is 0.0952. The molecule has 0 saturated carbocycles. The van der Waals surface area contributed by atoms with E-state index in [1.54, 1.807) is 17.0 Å². The molecule has 7 nitrogen and oxygen atoms in total. The highest BCUT2D eigenvalue weighted by Crippen LogP contribution is 2.27. The van der Waals surface area contributed by atoms with Gasteiger partial charge in [0.15, 0.2) is 5.65 Å². The number of nitrogens with zero attached hydrogens (tertiary/aromatic N) is 3. The number of anilines is 2. The molecule has 0 radical (unpaired) electrons. The molecular formula is C21H16ClN5O2. The van der Waals surface area contributed by atoms with E-state index in [0.29, 0.717) is 34.0 Å². The molecule has 0 bridgehead atoms. The first-order valence-electron chi connectivity index (χ1n) is 9.06. The van der Waals surface area contributed by atoms with Gasteiger partial charge in [-0.2, -0.15) is 4.52 Å². The molecule has 29 heavy (non-hydrogen) atoms. The van der Waals surface area contributed by atoms with Crippen molar-refractivity contribution < 1.29 is 4.79 Å². The molecule has 2 aromatic heterocycles. The minimum atomic E-state index is -0.314. The topological polar surface area (TPSA) is 96.5 Å². The number of nitrogens with one attached hydrogen (secondary N) is 1. The molecule has 4 aromatic rings. The lowest BCUT2D eigenvalue weighted by atomic mass is 10.1. The van der Waals surface area contributed by atoms with Gasteiger partial charge in [0.2, 0.25) is 0 Å². The Morgan fingerprint density at radius 2 is 1.79 bits per heavy atom. The third-order valence-electron chi connectivity index (χ3n) is 5.13. The first-order valence-corrected chi connectivity index (χ1v) is 9.44. The minimum Gasteiger partial charge on any atom is -0.384 e. The number of halogens is 1. The van der Waals surface area contributed by atoms with Crippen molar-refractivity contribution in [3.8, 4) is 0 Å². The van der Waals surface area contributed by atoms with Gasteiger partial charge in [0.25, 0.3) is 11.5 Å². The Hall–Kier alpha value is -3.58. The molecule has 0 unspecified atom stereocenters. The second-order valence-electron chi connectivity index (χ2n) is 6.94. The molecule has 3 N–H and O–H groups in total. The molecule has 0 aliphatic carbocycles. The summed E-state index contributed by atoms with van der Waals surface area (Å²) < 4.78 is 1.32. The van der Waals surface area contributed by atoms with Crippen LogP contribution in [0.15, 0.2) is 59.4 Å². The predicted molar refractivity (Wildman–Crippen MR) is 111 cm³/mol. The van der Waals surface area contributed by atoms with Crippen molar-refractivity contribution in [3.63, 3.8) is 0 Å². The summed E-state index contributed by atoms with van der Waals surface area (Å²) >= 11 is 5.95. The van der Waals surface area contributed by atoms with Crippen LogP contribution in [0.2, 0.25) is 5.02 Å². The lowest BCUT2D eigenvalue weighted by molar-refractivity contribution is 0.0992. The number of amides is 1. The van der Waals surface area contributed by atoms with E-state index in [4.69, 9.17) is 17.3 Å². The molecule has 8 heteroatoms. The van der Waals surface area contributed by atoms with Crippen LogP contribution in [0.25, 0.3) is 5.65 Å². The number of aromatic amines is 1. The van der Waals surface area contributed by atoms with Gasteiger partial charge in [0, 0.05) is 22.7 Å². The maximum Gasteiger partial charge on any atom is 0.278 e. The van der Waals surface area contributed by atoms with Crippen molar-refractivity contribution in [3.05, 3.63) is 92.4 Å². The van der Waals surface area contributed by atoms with E-state index in [2.05, 4.69) is 10.1 Å². The van der Waals surface area contributed by atoms with Gasteiger partial charge in [-0.25, -0.2) is 4.98 Å². The van der Waals surface area contributed by atoms with Crippen LogP contribution in [-0.2, 0) is 13.0 Å². The standard InChI is InChI=1S/C21H16ClN5O2/c22-13-8-6-12(7-9-13)10-15-18(23)25-27-19(15)24-17-16(20(27)28)11-26(21(17)29)14-4-2-1-3-5-14/h1-9,25H,10-11,23H2. The van der Waals surface area contributed by atoms with Crippen LogP contribution in [0, 0.1) is 0 Å². The SMILES string of the molecule is Nc1[nH]n2c(=O)c3c(nc2c1Cc1ccc(Cl)cc1)C(=O)N(c1ccccc1)C3. The lowest BCUT2D eigenvalue weighted by Crippen LogP contribution is -2.23. The lowest BCUT2D eigenvalue weighted by Gasteiger charge is -2.14. The van der Waals surface area contributed by atoms with Gasteiger partial charge in [-0.15, -0.1) is 0 Å². The van der Waals surface area contributed by atoms with Crippen molar-refractivity contribution in [1.29, 1.82) is 0 Å². The highest BCUT2D eigenvalue weighted by molar-refractivity contribution is 6.30. The minimum absolute atomic E-state index is 0.176. The van der Waals surface area contributed by atoms with Crippen LogP contribution in [-0.4, -0.2) is 20.5 Å². The van der Waals surface area contributed by atoms with E-state index >= 15 is 0 Å². The number of hydrogen-bond donors (Lipinski definition) is 2. The van der Waals surface area contributed by atoms with E-state index < -0.39 is 0 Å². The van der Waals surface area contributed by atoms with E-state index in [-0.39, 0.29) is 23.7 Å². The summed E-state index contributed by atoms with van der Waals surface area (Å²) in [5.41, 5.74) is 9.08. The maximum atomic E-state index is 13.0. The van der Waals surface area contributed by atoms with E-state index in [1.807, 2.05) is 42.5 Å². The Bertz CT molecular complexity index is 1310. The second kappa shape index (κ2) is 6.49. The molecule has 1 aliphatic rings. The van der Waals surface area contributed by atoms with Crippen LogP contribution in [0.5, 0.6) is 0 Å². The third kappa shape index (κ3) is 2.78. The highest BCUT2D eigenvalue weighted by atomic mass is 35.5. The number of aromatic nitrogens is 3. The molecule has 2 aromatic carbocycles. The summed E-state index contributed by atoms with van der Waals surface area (Å²) in [5.74, 6) is 0.0589. The number of hydrogen-bond acceptors (Lipinski definition) is 4. The van der Waals surface area contributed by atoms with Crippen molar-refractivity contribution in [2.75, 3.05) is 10.6 Å². The molecule has 3 heterocycles. The molecule has 1 aliphatic heterocycles. The fourth-order valence-corrected chi connectivity index (χ4v) is 3.77. The average Bonchev–Trinajstić information content (AvgIpc) is 3.23. The van der Waals surface area contributed by atoms with Gasteiger partial charge >= 0.3 is 0 Å².